The Bertz CT molecular complexity index is 632. The SMILES string of the molecule is C=CCNC(=O)c1nnn(-c2ccc(C)cc2)c1COC. The van der Waals surface area contributed by atoms with Crippen molar-refractivity contribution in [2.75, 3.05) is 13.7 Å². The van der Waals surface area contributed by atoms with Crippen molar-refractivity contribution >= 4 is 5.91 Å². The van der Waals surface area contributed by atoms with Crippen molar-refractivity contribution in [3.63, 3.8) is 0 Å². The van der Waals surface area contributed by atoms with Gasteiger partial charge in [0.05, 0.1) is 12.3 Å². The average molecular weight is 286 g/mol. The number of rotatable bonds is 6. The maximum absolute atomic E-state index is 12.1. The number of benzene rings is 1. The van der Waals surface area contributed by atoms with Crippen LogP contribution in [0.2, 0.25) is 0 Å². The normalized spacial score (nSPS) is 10.4. The molecule has 0 saturated heterocycles. The summed E-state index contributed by atoms with van der Waals surface area (Å²) in [6, 6.07) is 7.80. The highest BCUT2D eigenvalue weighted by molar-refractivity contribution is 5.93. The third kappa shape index (κ3) is 3.35. The fourth-order valence-corrected chi connectivity index (χ4v) is 1.89. The summed E-state index contributed by atoms with van der Waals surface area (Å²) < 4.78 is 6.78. The van der Waals surface area contributed by atoms with Gasteiger partial charge in [-0.05, 0) is 19.1 Å². The van der Waals surface area contributed by atoms with E-state index < -0.39 is 0 Å². The minimum atomic E-state index is -0.291. The molecule has 0 radical (unpaired) electrons. The average Bonchev–Trinajstić information content (AvgIpc) is 2.90. The van der Waals surface area contributed by atoms with Crippen LogP contribution in [-0.2, 0) is 11.3 Å². The highest BCUT2D eigenvalue weighted by Gasteiger charge is 2.19. The number of nitrogens with zero attached hydrogens (tertiary/aromatic N) is 3. The second-order valence-corrected chi connectivity index (χ2v) is 4.56. The monoisotopic (exact) mass is 286 g/mol. The van der Waals surface area contributed by atoms with Crippen LogP contribution in [0.15, 0.2) is 36.9 Å². The lowest BCUT2D eigenvalue weighted by Gasteiger charge is -2.07. The number of carbonyl (C=O) groups excluding carboxylic acids is 1. The summed E-state index contributed by atoms with van der Waals surface area (Å²) in [5, 5.41) is 10.7. The molecule has 0 aliphatic rings. The molecule has 1 N–H and O–H groups in total. The van der Waals surface area contributed by atoms with Crippen molar-refractivity contribution in [3.05, 3.63) is 53.9 Å². The first-order valence-corrected chi connectivity index (χ1v) is 6.57. The number of hydrogen-bond donors (Lipinski definition) is 1. The first-order chi connectivity index (χ1) is 10.2. The predicted octanol–water partition coefficient (Wildman–Crippen LogP) is 1.64. The number of carbonyl (C=O) groups is 1. The Morgan fingerprint density at radius 1 is 1.43 bits per heavy atom. The van der Waals surface area contributed by atoms with Gasteiger partial charge in [-0.25, -0.2) is 4.68 Å². The van der Waals surface area contributed by atoms with Gasteiger partial charge in [0.15, 0.2) is 5.69 Å². The fraction of sp³-hybridized carbons (Fsp3) is 0.267. The Balaban J connectivity index is 2.38. The fourth-order valence-electron chi connectivity index (χ4n) is 1.89. The van der Waals surface area contributed by atoms with Gasteiger partial charge in [0.25, 0.3) is 5.91 Å². The Morgan fingerprint density at radius 3 is 2.76 bits per heavy atom. The molecule has 0 aliphatic carbocycles. The summed E-state index contributed by atoms with van der Waals surface area (Å²) in [7, 11) is 1.57. The number of aryl methyl sites for hydroxylation is 1. The molecule has 1 aromatic heterocycles. The second kappa shape index (κ2) is 6.81. The molecular weight excluding hydrogens is 268 g/mol. The first kappa shape index (κ1) is 14.9. The van der Waals surface area contributed by atoms with Crippen LogP contribution in [0, 0.1) is 6.92 Å². The van der Waals surface area contributed by atoms with Gasteiger partial charge >= 0.3 is 0 Å². The van der Waals surface area contributed by atoms with E-state index in [1.165, 1.54) is 0 Å². The summed E-state index contributed by atoms with van der Waals surface area (Å²) in [4.78, 5) is 12.1. The van der Waals surface area contributed by atoms with Crippen molar-refractivity contribution in [1.29, 1.82) is 0 Å². The van der Waals surface area contributed by atoms with Crippen LogP contribution in [0.1, 0.15) is 21.7 Å². The van der Waals surface area contributed by atoms with Gasteiger partial charge in [0, 0.05) is 13.7 Å². The Hall–Kier alpha value is -2.47. The smallest absolute Gasteiger partial charge is 0.274 e. The van der Waals surface area contributed by atoms with E-state index in [2.05, 4.69) is 22.2 Å². The molecule has 6 heteroatoms. The van der Waals surface area contributed by atoms with E-state index in [0.717, 1.165) is 11.3 Å². The maximum Gasteiger partial charge on any atom is 0.274 e. The van der Waals surface area contributed by atoms with E-state index in [1.807, 2.05) is 31.2 Å². The van der Waals surface area contributed by atoms with E-state index in [0.29, 0.717) is 12.2 Å². The van der Waals surface area contributed by atoms with Gasteiger partial charge in [-0.1, -0.05) is 29.0 Å². The zero-order valence-electron chi connectivity index (χ0n) is 12.2. The maximum atomic E-state index is 12.1. The molecule has 0 atom stereocenters. The number of ether oxygens (including phenoxy) is 1. The summed E-state index contributed by atoms with van der Waals surface area (Å²) in [5.41, 5.74) is 2.86. The number of nitrogens with one attached hydrogen (secondary N) is 1. The van der Waals surface area contributed by atoms with E-state index in [9.17, 15) is 4.79 Å². The zero-order chi connectivity index (χ0) is 15.2. The lowest BCUT2D eigenvalue weighted by atomic mass is 10.2. The van der Waals surface area contributed by atoms with Crippen LogP contribution in [0.25, 0.3) is 5.69 Å². The number of aromatic nitrogens is 3. The number of hydrogen-bond acceptors (Lipinski definition) is 4. The molecule has 2 rings (SSSR count). The number of methoxy groups -OCH3 is 1. The van der Waals surface area contributed by atoms with Gasteiger partial charge in [0.1, 0.15) is 5.69 Å². The minimum absolute atomic E-state index is 0.248. The van der Waals surface area contributed by atoms with E-state index in [-0.39, 0.29) is 18.2 Å². The summed E-state index contributed by atoms with van der Waals surface area (Å²) in [5.74, 6) is -0.291. The molecule has 0 unspecified atom stereocenters. The third-order valence-corrected chi connectivity index (χ3v) is 2.94. The van der Waals surface area contributed by atoms with Crippen molar-refractivity contribution < 1.29 is 9.53 Å². The predicted molar refractivity (Wildman–Crippen MR) is 79.3 cm³/mol. The highest BCUT2D eigenvalue weighted by Crippen LogP contribution is 2.15. The van der Waals surface area contributed by atoms with Gasteiger partial charge in [-0.3, -0.25) is 4.79 Å². The summed E-state index contributed by atoms with van der Waals surface area (Å²) >= 11 is 0. The lowest BCUT2D eigenvalue weighted by molar-refractivity contribution is 0.0947. The van der Waals surface area contributed by atoms with Crippen LogP contribution in [0.5, 0.6) is 0 Å². The first-order valence-electron chi connectivity index (χ1n) is 6.57. The highest BCUT2D eigenvalue weighted by atomic mass is 16.5. The molecule has 21 heavy (non-hydrogen) atoms. The van der Waals surface area contributed by atoms with Gasteiger partial charge in [0.2, 0.25) is 0 Å². The molecule has 0 fully saturated rings. The Morgan fingerprint density at radius 2 is 2.14 bits per heavy atom. The summed E-state index contributed by atoms with van der Waals surface area (Å²) in [6.45, 7) is 6.20. The number of amides is 1. The molecule has 1 amide bonds. The van der Waals surface area contributed by atoms with E-state index in [4.69, 9.17) is 4.74 Å². The Labute approximate surface area is 123 Å². The van der Waals surface area contributed by atoms with Crippen molar-refractivity contribution in [2.45, 2.75) is 13.5 Å². The van der Waals surface area contributed by atoms with E-state index in [1.54, 1.807) is 17.9 Å². The molecule has 0 saturated carbocycles. The lowest BCUT2D eigenvalue weighted by Crippen LogP contribution is -2.25. The zero-order valence-corrected chi connectivity index (χ0v) is 12.2. The van der Waals surface area contributed by atoms with E-state index >= 15 is 0 Å². The largest absolute Gasteiger partial charge is 0.378 e. The van der Waals surface area contributed by atoms with Crippen LogP contribution in [-0.4, -0.2) is 34.6 Å². The topological polar surface area (TPSA) is 69.0 Å². The molecule has 110 valence electrons. The Kier molecular flexibility index (Phi) is 4.84. The van der Waals surface area contributed by atoms with Crippen LogP contribution < -0.4 is 5.32 Å². The van der Waals surface area contributed by atoms with Gasteiger partial charge in [-0.15, -0.1) is 11.7 Å². The molecule has 1 heterocycles. The molecule has 2 aromatic rings. The molecule has 6 nitrogen and oxygen atoms in total. The molecule has 0 bridgehead atoms. The molecule has 1 aromatic carbocycles. The van der Waals surface area contributed by atoms with Crippen molar-refractivity contribution in [3.8, 4) is 5.69 Å². The minimum Gasteiger partial charge on any atom is -0.378 e. The second-order valence-electron chi connectivity index (χ2n) is 4.56. The molecular formula is C15H18N4O2. The molecule has 0 aliphatic heterocycles. The van der Waals surface area contributed by atoms with Gasteiger partial charge in [-0.2, -0.15) is 0 Å². The van der Waals surface area contributed by atoms with Gasteiger partial charge < -0.3 is 10.1 Å². The van der Waals surface area contributed by atoms with Crippen LogP contribution in [0.4, 0.5) is 0 Å². The summed E-state index contributed by atoms with van der Waals surface area (Å²) in [6.07, 6.45) is 1.61. The van der Waals surface area contributed by atoms with Crippen LogP contribution >= 0.6 is 0 Å². The third-order valence-electron chi connectivity index (χ3n) is 2.94. The molecule has 0 spiro atoms. The standard InChI is InChI=1S/C15H18N4O2/c1-4-9-16-15(20)14-13(10-21-3)19(18-17-14)12-7-5-11(2)6-8-12/h4-8H,1,9-10H2,2-3H3,(H,16,20). The van der Waals surface area contributed by atoms with Crippen molar-refractivity contribution in [2.24, 2.45) is 0 Å². The van der Waals surface area contributed by atoms with Crippen molar-refractivity contribution in [1.82, 2.24) is 20.3 Å². The quantitative estimate of drug-likeness (QED) is 0.820. The van der Waals surface area contributed by atoms with Crippen LogP contribution in [0.3, 0.4) is 0 Å².